The molecule has 0 amide bonds. The number of fused-ring (bicyclic) bond motifs is 4. The molecule has 0 aromatic heterocycles. The highest BCUT2D eigenvalue weighted by Gasteiger charge is 2.19. The molecule has 0 unspecified atom stereocenters. The third kappa shape index (κ3) is 2.18. The van der Waals surface area contributed by atoms with Crippen LogP contribution in [-0.4, -0.2) is 5.11 Å². The lowest BCUT2D eigenvalue weighted by Gasteiger charge is -2.16. The summed E-state index contributed by atoms with van der Waals surface area (Å²) in [6.07, 6.45) is 0. The summed E-state index contributed by atoms with van der Waals surface area (Å²) in [5.41, 5.74) is 3.50. The predicted octanol–water partition coefficient (Wildman–Crippen LogP) is 5.42. The molecule has 1 N–H and O–H groups in total. The summed E-state index contributed by atoms with van der Waals surface area (Å²) in [5.74, 6) is 0.766. The molecule has 2 aliphatic rings. The van der Waals surface area contributed by atoms with Crippen LogP contribution in [0, 0.1) is 0 Å². The van der Waals surface area contributed by atoms with E-state index in [1.807, 2.05) is 54.6 Å². The molecule has 3 heteroatoms. The molecular formula is C23H14O3. The van der Waals surface area contributed by atoms with Gasteiger partial charge in [0.2, 0.25) is 0 Å². The molecule has 3 nitrogen and oxygen atoms in total. The first kappa shape index (κ1) is 14.7. The zero-order valence-corrected chi connectivity index (χ0v) is 13.8. The van der Waals surface area contributed by atoms with Crippen molar-refractivity contribution in [3.63, 3.8) is 0 Å². The highest BCUT2D eigenvalue weighted by Crippen LogP contribution is 2.43. The number of hydrogen-bond donors (Lipinski definition) is 1. The molecule has 3 aromatic rings. The van der Waals surface area contributed by atoms with Crippen molar-refractivity contribution in [2.45, 2.75) is 0 Å². The number of aromatic hydroxyl groups is 1. The summed E-state index contributed by atoms with van der Waals surface area (Å²) in [6.45, 7) is 0. The maximum atomic E-state index is 11.8. The van der Waals surface area contributed by atoms with Crippen molar-refractivity contribution in [2.75, 3.05) is 0 Å². The van der Waals surface area contributed by atoms with Gasteiger partial charge in [-0.1, -0.05) is 42.5 Å². The van der Waals surface area contributed by atoms with Crippen LogP contribution in [0.2, 0.25) is 0 Å². The molecule has 0 radical (unpaired) electrons. The van der Waals surface area contributed by atoms with Crippen molar-refractivity contribution in [2.24, 2.45) is 0 Å². The van der Waals surface area contributed by atoms with Gasteiger partial charge in [0.25, 0.3) is 0 Å². The second-order valence-electron chi connectivity index (χ2n) is 6.35. The van der Waals surface area contributed by atoms with Crippen molar-refractivity contribution < 1.29 is 9.52 Å². The van der Waals surface area contributed by atoms with E-state index in [0.29, 0.717) is 11.3 Å². The molecule has 1 aliphatic heterocycles. The summed E-state index contributed by atoms with van der Waals surface area (Å²) in [7, 11) is 0. The summed E-state index contributed by atoms with van der Waals surface area (Å²) < 4.78 is 6.06. The van der Waals surface area contributed by atoms with E-state index in [9.17, 15) is 9.90 Å². The quantitative estimate of drug-likeness (QED) is 0.328. The monoisotopic (exact) mass is 338 g/mol. The summed E-state index contributed by atoms with van der Waals surface area (Å²) >= 11 is 0. The van der Waals surface area contributed by atoms with E-state index in [2.05, 4.69) is 0 Å². The lowest BCUT2D eigenvalue weighted by atomic mass is 9.91. The van der Waals surface area contributed by atoms with E-state index in [-0.39, 0.29) is 11.2 Å². The van der Waals surface area contributed by atoms with Crippen LogP contribution in [0.5, 0.6) is 5.75 Å². The largest absolute Gasteiger partial charge is 0.508 e. The predicted molar refractivity (Wildman–Crippen MR) is 104 cm³/mol. The zero-order valence-electron chi connectivity index (χ0n) is 13.8. The molecule has 0 fully saturated rings. The van der Waals surface area contributed by atoms with Crippen molar-refractivity contribution >= 4 is 21.7 Å². The first-order chi connectivity index (χ1) is 12.7. The first-order valence-corrected chi connectivity index (χ1v) is 8.38. The fourth-order valence-electron chi connectivity index (χ4n) is 3.58. The van der Waals surface area contributed by atoms with Crippen molar-refractivity contribution in [3.8, 4) is 28.2 Å². The molecule has 5 rings (SSSR count). The van der Waals surface area contributed by atoms with Gasteiger partial charge in [0.05, 0.1) is 0 Å². The summed E-state index contributed by atoms with van der Waals surface area (Å²) in [4.78, 5) is 11.8. The fraction of sp³-hybridized carbons (Fsp3) is 0. The molecule has 3 aromatic carbocycles. The SMILES string of the molecule is O=c1ccc2c(-c3ccccc3)c3c(ccc4ccc(O)cc43)oc-2c1. The number of phenols is 1. The average Bonchev–Trinajstić information content (AvgIpc) is 2.66. The van der Waals surface area contributed by atoms with Gasteiger partial charge in [-0.05, 0) is 46.7 Å². The van der Waals surface area contributed by atoms with Gasteiger partial charge >= 0.3 is 0 Å². The highest BCUT2D eigenvalue weighted by molar-refractivity contribution is 6.16. The number of phenolic OH excluding ortho intramolecular Hbond substituents is 1. The number of benzene rings is 4. The van der Waals surface area contributed by atoms with Gasteiger partial charge in [-0.15, -0.1) is 0 Å². The van der Waals surface area contributed by atoms with Crippen LogP contribution in [-0.2, 0) is 0 Å². The van der Waals surface area contributed by atoms with E-state index in [0.717, 1.165) is 32.8 Å². The maximum Gasteiger partial charge on any atom is 0.182 e. The molecule has 0 bridgehead atoms. The Morgan fingerprint density at radius 2 is 1.62 bits per heavy atom. The molecule has 1 heterocycles. The Bertz CT molecular complexity index is 1300. The molecule has 124 valence electrons. The van der Waals surface area contributed by atoms with E-state index < -0.39 is 0 Å². The van der Waals surface area contributed by atoms with E-state index in [1.165, 1.54) is 6.07 Å². The third-order valence-corrected chi connectivity index (χ3v) is 4.72. The van der Waals surface area contributed by atoms with Gasteiger partial charge < -0.3 is 9.52 Å². The minimum atomic E-state index is -0.0851. The zero-order chi connectivity index (χ0) is 17.7. The Balaban J connectivity index is 2.08. The van der Waals surface area contributed by atoms with Gasteiger partial charge in [0, 0.05) is 22.6 Å². The second-order valence-corrected chi connectivity index (χ2v) is 6.35. The van der Waals surface area contributed by atoms with Crippen LogP contribution in [0.4, 0.5) is 0 Å². The normalized spacial score (nSPS) is 11.4. The Morgan fingerprint density at radius 1 is 0.808 bits per heavy atom. The van der Waals surface area contributed by atoms with Gasteiger partial charge in [-0.25, -0.2) is 0 Å². The molecule has 0 spiro atoms. The Kier molecular flexibility index (Phi) is 3.09. The van der Waals surface area contributed by atoms with Gasteiger partial charge in [-0.2, -0.15) is 0 Å². The smallest absolute Gasteiger partial charge is 0.182 e. The van der Waals surface area contributed by atoms with Crippen LogP contribution in [0.3, 0.4) is 0 Å². The standard InChI is InChI=1S/C23H14O3/c24-16-8-6-14-7-11-20-23(19(14)12-16)22(15-4-2-1-3-5-15)18-10-9-17(25)13-21(18)26-20/h1-13,24H. The average molecular weight is 338 g/mol. The van der Waals surface area contributed by atoms with Gasteiger partial charge in [-0.3, -0.25) is 4.79 Å². The number of hydrogen-bond acceptors (Lipinski definition) is 3. The second kappa shape index (κ2) is 5.46. The number of rotatable bonds is 1. The van der Waals surface area contributed by atoms with Crippen molar-refractivity contribution in [1.82, 2.24) is 0 Å². The lowest BCUT2D eigenvalue weighted by molar-refractivity contribution is 0.476. The van der Waals surface area contributed by atoms with E-state index in [4.69, 9.17) is 4.42 Å². The highest BCUT2D eigenvalue weighted by atomic mass is 16.3. The van der Waals surface area contributed by atoms with Crippen LogP contribution in [0.25, 0.3) is 44.2 Å². The minimum absolute atomic E-state index is 0.0851. The van der Waals surface area contributed by atoms with Gasteiger partial charge in [0.15, 0.2) is 5.43 Å². The minimum Gasteiger partial charge on any atom is -0.508 e. The Labute approximate surface area is 149 Å². The van der Waals surface area contributed by atoms with Crippen LogP contribution in [0.15, 0.2) is 88.1 Å². The topological polar surface area (TPSA) is 50.4 Å². The summed E-state index contributed by atoms with van der Waals surface area (Å²) in [6, 6.07) is 24.1. The molecule has 1 aliphatic carbocycles. The molecule has 26 heavy (non-hydrogen) atoms. The molecular weight excluding hydrogens is 324 g/mol. The van der Waals surface area contributed by atoms with Crippen molar-refractivity contribution in [3.05, 3.63) is 89.1 Å². The Hall–Kier alpha value is -3.59. The van der Waals surface area contributed by atoms with E-state index >= 15 is 0 Å². The molecule has 0 saturated heterocycles. The Morgan fingerprint density at radius 3 is 2.46 bits per heavy atom. The van der Waals surface area contributed by atoms with Crippen LogP contribution < -0.4 is 5.43 Å². The van der Waals surface area contributed by atoms with E-state index in [1.54, 1.807) is 18.2 Å². The molecule has 0 saturated carbocycles. The van der Waals surface area contributed by atoms with Gasteiger partial charge in [0.1, 0.15) is 17.1 Å². The van der Waals surface area contributed by atoms with Crippen LogP contribution in [0.1, 0.15) is 0 Å². The molecule has 0 atom stereocenters. The maximum absolute atomic E-state index is 11.8. The third-order valence-electron chi connectivity index (χ3n) is 4.72. The lowest BCUT2D eigenvalue weighted by Crippen LogP contribution is -1.99. The first-order valence-electron chi connectivity index (χ1n) is 8.38. The van der Waals surface area contributed by atoms with Crippen molar-refractivity contribution in [1.29, 1.82) is 0 Å². The summed E-state index contributed by atoms with van der Waals surface area (Å²) in [5, 5.41) is 12.9. The van der Waals surface area contributed by atoms with Crippen LogP contribution >= 0.6 is 0 Å². The fourth-order valence-corrected chi connectivity index (χ4v) is 3.58.